The molecule has 19 heavy (non-hydrogen) atoms. The number of hydrogen-bond donors (Lipinski definition) is 0. The van der Waals surface area contributed by atoms with Gasteiger partial charge < -0.3 is 4.90 Å². The Morgan fingerprint density at radius 1 is 1.53 bits per heavy atom. The van der Waals surface area contributed by atoms with Crippen LogP contribution in [-0.4, -0.2) is 22.2 Å². The monoisotopic (exact) mass is 479 g/mol. The van der Waals surface area contributed by atoms with E-state index in [1.54, 1.807) is 4.90 Å². The molecule has 99 valence electrons. The van der Waals surface area contributed by atoms with E-state index in [0.29, 0.717) is 18.0 Å². The summed E-state index contributed by atoms with van der Waals surface area (Å²) in [4.78, 5) is 13.7. The molecule has 6 heteroatoms. The molecule has 1 heterocycles. The van der Waals surface area contributed by atoms with Crippen LogP contribution in [0.2, 0.25) is 5.02 Å². The SMILES string of the molecule is CCN1C(=O)C(Br)C[C-]=C1c1ccc(Cl)cc1Br.[Y]. The summed E-state index contributed by atoms with van der Waals surface area (Å²) in [6, 6.07) is 5.54. The van der Waals surface area contributed by atoms with Crippen molar-refractivity contribution in [2.24, 2.45) is 0 Å². The molecule has 0 aromatic heterocycles. The molecular formula is C13H11Br2ClNOY-. The van der Waals surface area contributed by atoms with Crippen molar-refractivity contribution in [3.05, 3.63) is 39.3 Å². The van der Waals surface area contributed by atoms with Crippen LogP contribution in [0.25, 0.3) is 5.70 Å². The second-order valence-corrected chi connectivity index (χ2v) is 6.30. The summed E-state index contributed by atoms with van der Waals surface area (Å²) in [6.45, 7) is 2.58. The van der Waals surface area contributed by atoms with Crippen molar-refractivity contribution in [2.75, 3.05) is 6.54 Å². The molecule has 0 fully saturated rings. The molecule has 1 aliphatic heterocycles. The van der Waals surface area contributed by atoms with Crippen LogP contribution >= 0.6 is 43.5 Å². The first-order valence-corrected chi connectivity index (χ1v) is 7.65. The number of amides is 1. The number of allylic oxidation sites excluding steroid dienone is 1. The first kappa shape index (κ1) is 17.8. The Morgan fingerprint density at radius 3 is 2.79 bits per heavy atom. The maximum Gasteiger partial charge on any atom is 0.236 e. The van der Waals surface area contributed by atoms with Crippen LogP contribution in [0.4, 0.5) is 0 Å². The largest absolute Gasteiger partial charge is 0.347 e. The molecule has 0 bridgehead atoms. The third-order valence-corrected chi connectivity index (χ3v) is 4.36. The molecule has 1 aliphatic rings. The van der Waals surface area contributed by atoms with Crippen LogP contribution < -0.4 is 0 Å². The number of benzene rings is 1. The molecular weight excluding hydrogens is 470 g/mol. The number of rotatable bonds is 2. The first-order valence-electron chi connectivity index (χ1n) is 5.56. The molecule has 0 spiro atoms. The first-order chi connectivity index (χ1) is 8.54. The maximum absolute atomic E-state index is 12.1. The Kier molecular flexibility index (Phi) is 7.22. The fourth-order valence-electron chi connectivity index (χ4n) is 1.88. The van der Waals surface area contributed by atoms with Crippen LogP contribution in [-0.2, 0) is 37.5 Å². The van der Waals surface area contributed by atoms with Crippen molar-refractivity contribution in [3.8, 4) is 0 Å². The molecule has 2 rings (SSSR count). The normalized spacial score (nSPS) is 18.9. The summed E-state index contributed by atoms with van der Waals surface area (Å²) in [6.07, 6.45) is 3.86. The molecule has 1 amide bonds. The van der Waals surface area contributed by atoms with Crippen molar-refractivity contribution in [2.45, 2.75) is 18.2 Å². The van der Waals surface area contributed by atoms with Crippen molar-refractivity contribution in [1.29, 1.82) is 0 Å². The Bertz CT molecular complexity index is 521. The van der Waals surface area contributed by atoms with Gasteiger partial charge in [0, 0.05) is 44.3 Å². The van der Waals surface area contributed by atoms with E-state index in [0.717, 1.165) is 15.7 Å². The smallest absolute Gasteiger partial charge is 0.236 e. The topological polar surface area (TPSA) is 20.3 Å². The minimum atomic E-state index is -0.174. The van der Waals surface area contributed by atoms with Crippen LogP contribution in [0.1, 0.15) is 18.9 Å². The van der Waals surface area contributed by atoms with Crippen molar-refractivity contribution < 1.29 is 37.5 Å². The van der Waals surface area contributed by atoms with Crippen LogP contribution in [0.5, 0.6) is 0 Å². The molecule has 2 nitrogen and oxygen atoms in total. The Labute approximate surface area is 160 Å². The molecule has 1 atom stereocenters. The van der Waals surface area contributed by atoms with E-state index < -0.39 is 0 Å². The Morgan fingerprint density at radius 2 is 2.21 bits per heavy atom. The molecule has 1 unspecified atom stereocenters. The minimum absolute atomic E-state index is 0. The zero-order valence-electron chi connectivity index (χ0n) is 10.3. The van der Waals surface area contributed by atoms with E-state index in [4.69, 9.17) is 11.6 Å². The van der Waals surface area contributed by atoms with Gasteiger partial charge in [0.15, 0.2) is 0 Å². The molecule has 0 saturated heterocycles. The van der Waals surface area contributed by atoms with Gasteiger partial charge in [-0.25, -0.2) is 6.08 Å². The van der Waals surface area contributed by atoms with E-state index in [1.807, 2.05) is 25.1 Å². The van der Waals surface area contributed by atoms with Gasteiger partial charge in [-0.3, -0.25) is 4.79 Å². The van der Waals surface area contributed by atoms with Gasteiger partial charge in [-0.2, -0.15) is 0 Å². The van der Waals surface area contributed by atoms with Gasteiger partial charge in [0.05, 0.1) is 4.83 Å². The van der Waals surface area contributed by atoms with Crippen molar-refractivity contribution in [3.63, 3.8) is 0 Å². The second-order valence-electron chi connectivity index (χ2n) is 3.90. The summed E-state index contributed by atoms with van der Waals surface area (Å²) >= 11 is 12.8. The minimum Gasteiger partial charge on any atom is -0.347 e. The average Bonchev–Trinajstić information content (AvgIpc) is 2.33. The number of halogens is 3. The number of carbonyl (C=O) groups excluding carboxylic acids is 1. The van der Waals surface area contributed by atoms with E-state index in [2.05, 4.69) is 37.9 Å². The molecule has 1 aromatic rings. The van der Waals surface area contributed by atoms with Gasteiger partial charge in [-0.05, 0) is 13.0 Å². The van der Waals surface area contributed by atoms with Gasteiger partial charge in [-0.1, -0.05) is 60.4 Å². The number of nitrogens with zero attached hydrogens (tertiary/aromatic N) is 1. The molecule has 0 N–H and O–H groups in total. The summed E-state index contributed by atoms with van der Waals surface area (Å²) in [5.74, 6) is 0.0769. The fourth-order valence-corrected chi connectivity index (χ4v) is 3.16. The zero-order chi connectivity index (χ0) is 13.3. The van der Waals surface area contributed by atoms with Gasteiger partial charge in [0.25, 0.3) is 0 Å². The summed E-state index contributed by atoms with van der Waals surface area (Å²) < 4.78 is 0.872. The van der Waals surface area contributed by atoms with Crippen molar-refractivity contribution in [1.82, 2.24) is 4.90 Å². The number of carbonyl (C=O) groups is 1. The van der Waals surface area contributed by atoms with Crippen LogP contribution in [0, 0.1) is 6.08 Å². The third kappa shape index (κ3) is 3.91. The number of hydrogen-bond acceptors (Lipinski definition) is 1. The zero-order valence-corrected chi connectivity index (χ0v) is 17.1. The van der Waals surface area contributed by atoms with Crippen molar-refractivity contribution >= 4 is 55.1 Å². The summed E-state index contributed by atoms with van der Waals surface area (Å²) in [5, 5.41) is 0.662. The van der Waals surface area contributed by atoms with Crippen LogP contribution in [0.3, 0.4) is 0 Å². The quantitative estimate of drug-likeness (QED) is 0.457. The summed E-state index contributed by atoms with van der Waals surface area (Å²) in [5.41, 5.74) is 1.76. The molecule has 0 aliphatic carbocycles. The Hall–Kier alpha value is 0.784. The van der Waals surface area contributed by atoms with Gasteiger partial charge in [-0.15, -0.1) is 17.3 Å². The molecule has 0 saturated carbocycles. The fraction of sp³-hybridized carbons (Fsp3) is 0.308. The van der Waals surface area contributed by atoms with Crippen LogP contribution in [0.15, 0.2) is 22.7 Å². The predicted molar refractivity (Wildman–Crippen MR) is 80.5 cm³/mol. The number of alkyl halides is 1. The van der Waals surface area contributed by atoms with E-state index in [9.17, 15) is 4.79 Å². The molecule has 1 radical (unpaired) electrons. The standard InChI is InChI=1S/C13H11Br2ClNO.Y/c1-2-17-12(6-5-10(14)13(17)18)9-4-3-8(16)7-11(9)15;/h3-4,7,10H,2,5H2,1H3;/q-1;. The summed E-state index contributed by atoms with van der Waals surface area (Å²) in [7, 11) is 0. The van der Waals surface area contributed by atoms with E-state index in [1.165, 1.54) is 0 Å². The predicted octanol–water partition coefficient (Wildman–Crippen LogP) is 4.26. The van der Waals surface area contributed by atoms with Gasteiger partial charge in [0.2, 0.25) is 5.91 Å². The van der Waals surface area contributed by atoms with Gasteiger partial charge >= 0.3 is 0 Å². The van der Waals surface area contributed by atoms with E-state index >= 15 is 0 Å². The second kappa shape index (κ2) is 7.70. The molecule has 1 aromatic carbocycles. The maximum atomic E-state index is 12.1. The Balaban J connectivity index is 0.00000180. The van der Waals surface area contributed by atoms with Gasteiger partial charge in [0.1, 0.15) is 0 Å². The third-order valence-electron chi connectivity index (χ3n) is 2.76. The average molecular weight is 481 g/mol. The van der Waals surface area contributed by atoms with E-state index in [-0.39, 0.29) is 43.4 Å².